The second-order valence-electron chi connectivity index (χ2n) is 7.65. The molecule has 0 unspecified atom stereocenters. The first-order valence-corrected chi connectivity index (χ1v) is 9.72. The summed E-state index contributed by atoms with van der Waals surface area (Å²) in [5, 5.41) is 2.96. The van der Waals surface area contributed by atoms with Crippen LogP contribution < -0.4 is 5.32 Å². The van der Waals surface area contributed by atoms with E-state index in [1.165, 1.54) is 4.90 Å². The molecule has 1 aromatic carbocycles. The number of hydrogen-bond acceptors (Lipinski definition) is 4. The van der Waals surface area contributed by atoms with Crippen LogP contribution in [0, 0.1) is 17.8 Å². The minimum Gasteiger partial charge on any atom is -0.326 e. The van der Waals surface area contributed by atoms with E-state index in [1.807, 2.05) is 42.5 Å². The predicted octanol–water partition coefficient (Wildman–Crippen LogP) is 2.25. The van der Waals surface area contributed by atoms with Gasteiger partial charge in [0, 0.05) is 24.7 Å². The number of anilines is 1. The molecule has 6 nitrogen and oxygen atoms in total. The van der Waals surface area contributed by atoms with E-state index in [2.05, 4.69) is 10.2 Å². The number of benzene rings is 1. The second-order valence-corrected chi connectivity index (χ2v) is 7.65. The highest BCUT2D eigenvalue weighted by Gasteiger charge is 2.47. The van der Waals surface area contributed by atoms with Gasteiger partial charge in [-0.3, -0.25) is 24.2 Å². The second kappa shape index (κ2) is 7.64. The van der Waals surface area contributed by atoms with E-state index in [4.69, 9.17) is 0 Å². The third-order valence-corrected chi connectivity index (χ3v) is 5.94. The first-order chi connectivity index (χ1) is 13.1. The standard InChI is InChI=1S/C21H25N3O3/c25-19(22-16-6-2-1-3-7-16)15-10-12-23(13-11-15)14-24-20(26)17-8-4-5-9-18(17)21(24)27/h1-7,15,17-18H,8-14H2,(H,22,25)/t17-,18+. The molecule has 0 radical (unpaired) electrons. The minimum absolute atomic E-state index is 0.0294. The minimum atomic E-state index is -0.170. The molecule has 0 aromatic heterocycles. The van der Waals surface area contributed by atoms with Gasteiger partial charge in [0.1, 0.15) is 0 Å². The highest BCUT2D eigenvalue weighted by Crippen LogP contribution is 2.35. The Hall–Kier alpha value is -2.47. The molecule has 0 spiro atoms. The molecule has 1 aromatic rings. The Morgan fingerprint density at radius 3 is 2.15 bits per heavy atom. The van der Waals surface area contributed by atoms with Gasteiger partial charge in [-0.2, -0.15) is 0 Å². The SMILES string of the molecule is O=C(Nc1ccccc1)C1CCN(CN2C(=O)[C@H]3CC=CC[C@H]3C2=O)CC1. The summed E-state index contributed by atoms with van der Waals surface area (Å²) in [6.45, 7) is 1.80. The number of nitrogens with one attached hydrogen (secondary N) is 1. The fourth-order valence-electron chi connectivity index (χ4n) is 4.31. The summed E-state index contributed by atoms with van der Waals surface area (Å²) in [5.41, 5.74) is 0.814. The van der Waals surface area contributed by atoms with Crippen molar-refractivity contribution in [1.29, 1.82) is 0 Å². The van der Waals surface area contributed by atoms with E-state index in [0.717, 1.165) is 31.6 Å². The molecule has 2 saturated heterocycles. The van der Waals surface area contributed by atoms with Crippen LogP contribution in [0.25, 0.3) is 0 Å². The molecule has 2 heterocycles. The summed E-state index contributed by atoms with van der Waals surface area (Å²) in [4.78, 5) is 41.2. The van der Waals surface area contributed by atoms with Gasteiger partial charge in [0.25, 0.3) is 0 Å². The molecule has 1 aliphatic carbocycles. The lowest BCUT2D eigenvalue weighted by Gasteiger charge is -2.33. The molecule has 2 fully saturated rings. The number of nitrogens with zero attached hydrogens (tertiary/aromatic N) is 2. The Balaban J connectivity index is 1.29. The van der Waals surface area contributed by atoms with Crippen LogP contribution >= 0.6 is 0 Å². The zero-order valence-corrected chi connectivity index (χ0v) is 15.3. The van der Waals surface area contributed by atoms with Gasteiger partial charge in [-0.15, -0.1) is 0 Å². The average Bonchev–Trinajstić information content (AvgIpc) is 2.94. The maximum atomic E-state index is 12.6. The zero-order chi connectivity index (χ0) is 18.8. The van der Waals surface area contributed by atoms with Crippen LogP contribution in [0.2, 0.25) is 0 Å². The Kier molecular flexibility index (Phi) is 5.07. The van der Waals surface area contributed by atoms with Crippen molar-refractivity contribution in [2.45, 2.75) is 25.7 Å². The predicted molar refractivity (Wildman–Crippen MR) is 101 cm³/mol. The topological polar surface area (TPSA) is 69.7 Å². The summed E-state index contributed by atoms with van der Waals surface area (Å²) < 4.78 is 0. The maximum Gasteiger partial charge on any atom is 0.234 e. The number of rotatable bonds is 4. The van der Waals surface area contributed by atoms with Crippen LogP contribution in [0.15, 0.2) is 42.5 Å². The van der Waals surface area contributed by atoms with Crippen LogP contribution in [-0.2, 0) is 14.4 Å². The van der Waals surface area contributed by atoms with Crippen molar-refractivity contribution in [3.63, 3.8) is 0 Å². The molecular formula is C21H25N3O3. The highest BCUT2D eigenvalue weighted by molar-refractivity contribution is 6.05. The molecule has 0 bridgehead atoms. The summed E-state index contributed by atoms with van der Waals surface area (Å²) in [6.07, 6.45) is 6.84. The number of para-hydroxylation sites is 1. The number of piperidine rings is 1. The number of likely N-dealkylation sites (tertiary alicyclic amines) is 2. The number of allylic oxidation sites excluding steroid dienone is 2. The third-order valence-electron chi connectivity index (χ3n) is 5.94. The van der Waals surface area contributed by atoms with Crippen molar-refractivity contribution in [3.8, 4) is 0 Å². The van der Waals surface area contributed by atoms with Gasteiger partial charge < -0.3 is 5.32 Å². The Morgan fingerprint density at radius 2 is 1.56 bits per heavy atom. The van der Waals surface area contributed by atoms with Crippen molar-refractivity contribution in [3.05, 3.63) is 42.5 Å². The van der Waals surface area contributed by atoms with Crippen molar-refractivity contribution in [1.82, 2.24) is 9.80 Å². The van der Waals surface area contributed by atoms with E-state index in [9.17, 15) is 14.4 Å². The van der Waals surface area contributed by atoms with Crippen LogP contribution in [0.1, 0.15) is 25.7 Å². The lowest BCUT2D eigenvalue weighted by Crippen LogP contribution is -2.46. The monoisotopic (exact) mass is 367 g/mol. The third kappa shape index (κ3) is 3.67. The molecule has 4 rings (SSSR count). The van der Waals surface area contributed by atoms with Gasteiger partial charge in [0.2, 0.25) is 17.7 Å². The lowest BCUT2D eigenvalue weighted by atomic mass is 9.85. The number of carbonyl (C=O) groups is 3. The molecular weight excluding hydrogens is 342 g/mol. The summed E-state index contributed by atoms with van der Waals surface area (Å²) in [7, 11) is 0. The molecule has 27 heavy (non-hydrogen) atoms. The first kappa shape index (κ1) is 17.9. The number of carbonyl (C=O) groups excluding carboxylic acids is 3. The average molecular weight is 367 g/mol. The Bertz CT molecular complexity index is 727. The largest absolute Gasteiger partial charge is 0.326 e. The molecule has 6 heteroatoms. The molecule has 1 N–H and O–H groups in total. The van der Waals surface area contributed by atoms with E-state index in [-0.39, 0.29) is 35.5 Å². The van der Waals surface area contributed by atoms with Crippen LogP contribution in [0.5, 0.6) is 0 Å². The molecule has 3 amide bonds. The fraction of sp³-hybridized carbons (Fsp3) is 0.476. The van der Waals surface area contributed by atoms with Gasteiger partial charge in [0.05, 0.1) is 18.5 Å². The first-order valence-electron chi connectivity index (χ1n) is 9.72. The van der Waals surface area contributed by atoms with Crippen LogP contribution in [0.3, 0.4) is 0 Å². The van der Waals surface area contributed by atoms with Gasteiger partial charge in [-0.05, 0) is 37.8 Å². The van der Waals surface area contributed by atoms with Crippen LogP contribution in [0.4, 0.5) is 5.69 Å². The van der Waals surface area contributed by atoms with Gasteiger partial charge in [-0.25, -0.2) is 0 Å². The summed E-state index contributed by atoms with van der Waals surface area (Å²) in [6, 6.07) is 9.48. The normalized spacial score (nSPS) is 26.3. The highest BCUT2D eigenvalue weighted by atomic mass is 16.2. The lowest BCUT2D eigenvalue weighted by molar-refractivity contribution is -0.143. The van der Waals surface area contributed by atoms with Crippen molar-refractivity contribution in [2.75, 3.05) is 25.1 Å². The van der Waals surface area contributed by atoms with Crippen molar-refractivity contribution < 1.29 is 14.4 Å². The van der Waals surface area contributed by atoms with Crippen LogP contribution in [-0.4, -0.2) is 47.3 Å². The van der Waals surface area contributed by atoms with Crippen molar-refractivity contribution in [2.24, 2.45) is 17.8 Å². The molecule has 142 valence electrons. The van der Waals surface area contributed by atoms with Gasteiger partial charge in [-0.1, -0.05) is 30.4 Å². The number of hydrogen-bond donors (Lipinski definition) is 1. The van der Waals surface area contributed by atoms with E-state index >= 15 is 0 Å². The number of fused-ring (bicyclic) bond motifs is 1. The summed E-state index contributed by atoms with van der Waals surface area (Å²) >= 11 is 0. The van der Waals surface area contributed by atoms with E-state index in [0.29, 0.717) is 19.5 Å². The van der Waals surface area contributed by atoms with E-state index in [1.54, 1.807) is 0 Å². The molecule has 2 atom stereocenters. The van der Waals surface area contributed by atoms with Gasteiger partial charge >= 0.3 is 0 Å². The Morgan fingerprint density at radius 1 is 0.963 bits per heavy atom. The number of imide groups is 1. The Labute approximate surface area is 159 Å². The number of amides is 3. The quantitative estimate of drug-likeness (QED) is 0.655. The molecule has 2 aliphatic heterocycles. The zero-order valence-electron chi connectivity index (χ0n) is 15.3. The molecule has 0 saturated carbocycles. The van der Waals surface area contributed by atoms with E-state index < -0.39 is 0 Å². The maximum absolute atomic E-state index is 12.6. The smallest absolute Gasteiger partial charge is 0.234 e. The summed E-state index contributed by atoms with van der Waals surface area (Å²) in [5.74, 6) is -0.380. The van der Waals surface area contributed by atoms with Gasteiger partial charge in [0.15, 0.2) is 0 Å². The van der Waals surface area contributed by atoms with Crippen molar-refractivity contribution >= 4 is 23.4 Å². The fourth-order valence-corrected chi connectivity index (χ4v) is 4.31. The molecule has 3 aliphatic rings.